The van der Waals surface area contributed by atoms with Gasteiger partial charge in [0.2, 0.25) is 5.82 Å². The first-order chi connectivity index (χ1) is 7.74. The Morgan fingerprint density at radius 1 is 1.44 bits per heavy atom. The predicted octanol–water partition coefficient (Wildman–Crippen LogP) is 1.01. The fraction of sp³-hybridized carbons (Fsp3) is 0.100. The van der Waals surface area contributed by atoms with E-state index in [1.54, 1.807) is 4.52 Å². The minimum atomic E-state index is 0.454. The molecule has 0 bridgehead atoms. The van der Waals surface area contributed by atoms with Crippen LogP contribution in [0.4, 0.5) is 5.82 Å². The molecule has 0 saturated carbocycles. The molecule has 0 fully saturated rings. The minimum absolute atomic E-state index is 0.454. The number of rotatable bonds is 1. The van der Waals surface area contributed by atoms with Crippen LogP contribution in [0.2, 0.25) is 0 Å². The van der Waals surface area contributed by atoms with Gasteiger partial charge in [0, 0.05) is 11.9 Å². The summed E-state index contributed by atoms with van der Waals surface area (Å²) < 4.78 is 1.70. The van der Waals surface area contributed by atoms with Gasteiger partial charge in [0.1, 0.15) is 11.2 Å². The number of anilines is 1. The van der Waals surface area contributed by atoms with E-state index in [0.717, 1.165) is 11.2 Å². The van der Waals surface area contributed by atoms with Crippen molar-refractivity contribution in [3.8, 4) is 11.5 Å². The third kappa shape index (κ3) is 1.23. The molecule has 3 heterocycles. The molecule has 0 aromatic carbocycles. The van der Waals surface area contributed by atoms with E-state index in [0.29, 0.717) is 17.3 Å². The Bertz CT molecular complexity index is 650. The molecule has 6 nitrogen and oxygen atoms in total. The Kier molecular flexibility index (Phi) is 1.70. The first kappa shape index (κ1) is 8.90. The number of H-pyrrole nitrogens is 1. The highest BCUT2D eigenvalue weighted by Gasteiger charge is 2.09. The number of nitrogens with two attached hydrogens (primary N) is 1. The van der Waals surface area contributed by atoms with E-state index in [-0.39, 0.29) is 0 Å². The second kappa shape index (κ2) is 3.06. The largest absolute Gasteiger partial charge is 0.382 e. The van der Waals surface area contributed by atoms with Gasteiger partial charge in [-0.2, -0.15) is 5.10 Å². The molecule has 3 rings (SSSR count). The Labute approximate surface area is 91.1 Å². The van der Waals surface area contributed by atoms with Crippen molar-refractivity contribution in [2.45, 2.75) is 6.92 Å². The van der Waals surface area contributed by atoms with Crippen molar-refractivity contribution in [2.24, 2.45) is 0 Å². The van der Waals surface area contributed by atoms with Crippen molar-refractivity contribution in [1.29, 1.82) is 0 Å². The van der Waals surface area contributed by atoms with Crippen molar-refractivity contribution < 1.29 is 0 Å². The van der Waals surface area contributed by atoms with Gasteiger partial charge in [0.25, 0.3) is 0 Å². The van der Waals surface area contributed by atoms with Crippen molar-refractivity contribution >= 4 is 11.3 Å². The molecule has 0 radical (unpaired) electrons. The van der Waals surface area contributed by atoms with Gasteiger partial charge in [-0.15, -0.1) is 5.10 Å². The average molecular weight is 214 g/mol. The van der Waals surface area contributed by atoms with Crippen LogP contribution in [-0.4, -0.2) is 24.8 Å². The summed E-state index contributed by atoms with van der Waals surface area (Å²) in [5.41, 5.74) is 8.29. The van der Waals surface area contributed by atoms with Crippen LogP contribution in [0.5, 0.6) is 0 Å². The molecule has 16 heavy (non-hydrogen) atoms. The molecule has 0 spiro atoms. The first-order valence-electron chi connectivity index (χ1n) is 4.87. The van der Waals surface area contributed by atoms with E-state index in [9.17, 15) is 0 Å². The Balaban J connectivity index is 2.24. The zero-order chi connectivity index (χ0) is 11.1. The van der Waals surface area contributed by atoms with Gasteiger partial charge in [0.15, 0.2) is 5.82 Å². The number of hydrogen-bond acceptors (Lipinski definition) is 4. The molecule has 0 aliphatic carbocycles. The molecule has 0 unspecified atom stereocenters. The van der Waals surface area contributed by atoms with Crippen molar-refractivity contribution in [3.05, 3.63) is 30.1 Å². The molecule has 0 saturated heterocycles. The van der Waals surface area contributed by atoms with Crippen LogP contribution in [-0.2, 0) is 0 Å². The van der Waals surface area contributed by atoms with Gasteiger partial charge in [-0.05, 0) is 25.1 Å². The summed E-state index contributed by atoms with van der Waals surface area (Å²) in [7, 11) is 0. The maximum Gasteiger partial charge on any atom is 0.202 e. The third-order valence-electron chi connectivity index (χ3n) is 2.35. The molecule has 3 aromatic rings. The van der Waals surface area contributed by atoms with Crippen LogP contribution in [0, 0.1) is 6.92 Å². The number of nitrogens with one attached hydrogen (secondary N) is 1. The van der Waals surface area contributed by atoms with E-state index >= 15 is 0 Å². The fourth-order valence-corrected chi connectivity index (χ4v) is 1.60. The highest BCUT2D eigenvalue weighted by atomic mass is 15.3. The summed E-state index contributed by atoms with van der Waals surface area (Å²) in [5, 5.41) is 11.3. The quantitative estimate of drug-likeness (QED) is 0.633. The number of aryl methyl sites for hydroxylation is 1. The van der Waals surface area contributed by atoms with Crippen molar-refractivity contribution in [1.82, 2.24) is 24.8 Å². The molecule has 0 aliphatic rings. The van der Waals surface area contributed by atoms with Crippen LogP contribution in [0.3, 0.4) is 0 Å². The molecule has 3 aromatic heterocycles. The number of aromatic amines is 1. The molecular weight excluding hydrogens is 204 g/mol. The smallest absolute Gasteiger partial charge is 0.202 e. The highest BCUT2D eigenvalue weighted by molar-refractivity contribution is 5.67. The van der Waals surface area contributed by atoms with Gasteiger partial charge in [-0.1, -0.05) is 0 Å². The molecular formula is C10H10N6. The van der Waals surface area contributed by atoms with Gasteiger partial charge in [-0.25, -0.2) is 9.50 Å². The fourth-order valence-electron chi connectivity index (χ4n) is 1.60. The topological polar surface area (TPSA) is 84.9 Å². The lowest BCUT2D eigenvalue weighted by Crippen LogP contribution is -2.02. The second-order valence-corrected chi connectivity index (χ2v) is 3.59. The number of fused-ring (bicyclic) bond motifs is 1. The molecule has 0 aliphatic heterocycles. The Hall–Kier alpha value is -2.37. The standard InChI is InChI=1S/C10H10N6/c1-6-5-7(14-13-6)10-12-9(11)8-3-2-4-16(8)15-10/h2-5H,1H3,(H,13,14)(H2,11,12,15). The number of aromatic nitrogens is 5. The Morgan fingerprint density at radius 2 is 2.31 bits per heavy atom. The maximum atomic E-state index is 5.84. The van der Waals surface area contributed by atoms with Crippen LogP contribution >= 0.6 is 0 Å². The number of hydrogen-bond donors (Lipinski definition) is 2. The van der Waals surface area contributed by atoms with Crippen LogP contribution < -0.4 is 5.73 Å². The van der Waals surface area contributed by atoms with E-state index < -0.39 is 0 Å². The van der Waals surface area contributed by atoms with E-state index in [1.165, 1.54) is 0 Å². The third-order valence-corrected chi connectivity index (χ3v) is 2.35. The SMILES string of the molecule is Cc1cc(-c2nc(N)c3cccn3n2)n[nH]1. The molecule has 80 valence electrons. The predicted molar refractivity (Wildman–Crippen MR) is 59.7 cm³/mol. The summed E-state index contributed by atoms with van der Waals surface area (Å²) in [6, 6.07) is 5.62. The summed E-state index contributed by atoms with van der Waals surface area (Å²) in [5.74, 6) is 0.973. The normalized spacial score (nSPS) is 11.1. The number of nitrogens with zero attached hydrogens (tertiary/aromatic N) is 4. The van der Waals surface area contributed by atoms with E-state index in [1.807, 2.05) is 31.3 Å². The van der Waals surface area contributed by atoms with Crippen LogP contribution in [0.25, 0.3) is 17.0 Å². The van der Waals surface area contributed by atoms with Crippen molar-refractivity contribution in [2.75, 3.05) is 5.73 Å². The highest BCUT2D eigenvalue weighted by Crippen LogP contribution is 2.17. The zero-order valence-corrected chi connectivity index (χ0v) is 8.68. The summed E-state index contributed by atoms with van der Waals surface area (Å²) in [4.78, 5) is 4.22. The average Bonchev–Trinajstić information content (AvgIpc) is 2.85. The lowest BCUT2D eigenvalue weighted by molar-refractivity contribution is 0.907. The maximum absolute atomic E-state index is 5.84. The molecule has 0 atom stereocenters. The first-order valence-corrected chi connectivity index (χ1v) is 4.87. The monoisotopic (exact) mass is 214 g/mol. The summed E-state index contributed by atoms with van der Waals surface area (Å²) in [6.07, 6.45) is 1.83. The minimum Gasteiger partial charge on any atom is -0.382 e. The van der Waals surface area contributed by atoms with Crippen LogP contribution in [0.1, 0.15) is 5.69 Å². The van der Waals surface area contributed by atoms with E-state index in [2.05, 4.69) is 20.3 Å². The molecule has 6 heteroatoms. The van der Waals surface area contributed by atoms with E-state index in [4.69, 9.17) is 5.73 Å². The lowest BCUT2D eigenvalue weighted by atomic mass is 10.3. The summed E-state index contributed by atoms with van der Waals surface area (Å²) in [6.45, 7) is 1.92. The van der Waals surface area contributed by atoms with Crippen molar-refractivity contribution in [3.63, 3.8) is 0 Å². The van der Waals surface area contributed by atoms with Gasteiger partial charge in [-0.3, -0.25) is 5.10 Å². The van der Waals surface area contributed by atoms with Gasteiger partial charge in [0.05, 0.1) is 0 Å². The molecule has 3 N–H and O–H groups in total. The molecule has 0 amide bonds. The van der Waals surface area contributed by atoms with Crippen LogP contribution in [0.15, 0.2) is 24.4 Å². The zero-order valence-electron chi connectivity index (χ0n) is 8.68. The lowest BCUT2D eigenvalue weighted by Gasteiger charge is -2.00. The Morgan fingerprint density at radius 3 is 3.06 bits per heavy atom. The second-order valence-electron chi connectivity index (χ2n) is 3.59. The summed E-state index contributed by atoms with van der Waals surface area (Å²) >= 11 is 0. The van der Waals surface area contributed by atoms with Gasteiger partial charge >= 0.3 is 0 Å². The van der Waals surface area contributed by atoms with Gasteiger partial charge < -0.3 is 5.73 Å². The number of nitrogen functional groups attached to an aromatic ring is 1.